The molecule has 0 saturated heterocycles. The summed E-state index contributed by atoms with van der Waals surface area (Å²) in [6.07, 6.45) is 2.51. The second-order valence-corrected chi connectivity index (χ2v) is 14.0. The zero-order chi connectivity index (χ0) is 26.9. The molecule has 0 aliphatic heterocycles. The van der Waals surface area contributed by atoms with Crippen LogP contribution in [0.25, 0.3) is 0 Å². The molecule has 0 bridgehead atoms. The van der Waals surface area contributed by atoms with Crippen LogP contribution in [0.1, 0.15) is 106 Å². The van der Waals surface area contributed by atoms with Gasteiger partial charge in [0.25, 0.3) is 10.1 Å². The second kappa shape index (κ2) is 10.7. The van der Waals surface area contributed by atoms with E-state index in [0.717, 1.165) is 12.8 Å². The molecule has 2 N–H and O–H groups in total. The molecule has 0 heterocycles. The molecule has 0 fully saturated rings. The van der Waals surface area contributed by atoms with Crippen molar-refractivity contribution in [3.63, 3.8) is 0 Å². The van der Waals surface area contributed by atoms with E-state index in [0.29, 0.717) is 17.9 Å². The van der Waals surface area contributed by atoms with E-state index in [4.69, 9.17) is 9.47 Å². The van der Waals surface area contributed by atoms with Crippen molar-refractivity contribution < 1.29 is 27.6 Å². The molecular weight excluding hydrogens is 452 g/mol. The normalized spacial score (nSPS) is 14.4. The van der Waals surface area contributed by atoms with E-state index in [1.807, 2.05) is 6.92 Å². The van der Waals surface area contributed by atoms with Crippen LogP contribution in [0.5, 0.6) is 17.2 Å². The van der Waals surface area contributed by atoms with Crippen molar-refractivity contribution in [1.82, 2.24) is 0 Å². The van der Waals surface area contributed by atoms with Crippen molar-refractivity contribution in [2.75, 3.05) is 14.2 Å². The van der Waals surface area contributed by atoms with Crippen molar-refractivity contribution in [1.29, 1.82) is 0 Å². The van der Waals surface area contributed by atoms with E-state index in [9.17, 15) is 18.1 Å². The second-order valence-electron chi connectivity index (χ2n) is 12.6. The van der Waals surface area contributed by atoms with E-state index in [2.05, 4.69) is 62.3 Å². The first kappa shape index (κ1) is 30.6. The average Bonchev–Trinajstić information content (AvgIpc) is 2.59. The summed E-state index contributed by atoms with van der Waals surface area (Å²) in [6, 6.07) is 0. The minimum absolute atomic E-state index is 0.00773. The first-order chi connectivity index (χ1) is 15.2. The fourth-order valence-corrected chi connectivity index (χ4v) is 7.58. The SMILES string of the molecule is CCCc1c(O)c(OC)c(C(C(C)(C)CC(C)C)C(C)(C)CC(C)(C)C)c(OC)c1S(=O)(=O)O. The first-order valence-corrected chi connectivity index (χ1v) is 13.7. The van der Waals surface area contributed by atoms with E-state index in [-0.39, 0.29) is 56.3 Å². The number of hydrogen-bond acceptors (Lipinski definition) is 5. The van der Waals surface area contributed by atoms with E-state index in [1.165, 1.54) is 14.2 Å². The third-order valence-corrected chi connectivity index (χ3v) is 7.36. The molecule has 34 heavy (non-hydrogen) atoms. The van der Waals surface area contributed by atoms with Gasteiger partial charge in [-0.2, -0.15) is 8.42 Å². The van der Waals surface area contributed by atoms with Crippen LogP contribution < -0.4 is 9.47 Å². The largest absolute Gasteiger partial charge is 0.504 e. The summed E-state index contributed by atoms with van der Waals surface area (Å²) in [5.74, 6) is 0.160. The summed E-state index contributed by atoms with van der Waals surface area (Å²) in [4.78, 5) is -0.359. The van der Waals surface area contributed by atoms with Gasteiger partial charge in [0.1, 0.15) is 10.6 Å². The average molecular weight is 501 g/mol. The lowest BCUT2D eigenvalue weighted by Gasteiger charge is -2.49. The predicted molar refractivity (Wildman–Crippen MR) is 139 cm³/mol. The number of phenolic OH excluding ortho intramolecular Hbond substituents is 1. The van der Waals surface area contributed by atoms with Crippen LogP contribution in [-0.2, 0) is 16.5 Å². The smallest absolute Gasteiger partial charge is 0.298 e. The molecule has 1 aromatic rings. The van der Waals surface area contributed by atoms with Gasteiger partial charge in [0, 0.05) is 17.0 Å². The highest BCUT2D eigenvalue weighted by Crippen LogP contribution is 2.61. The van der Waals surface area contributed by atoms with Gasteiger partial charge in [-0.3, -0.25) is 4.55 Å². The van der Waals surface area contributed by atoms with Gasteiger partial charge in [-0.25, -0.2) is 0 Å². The highest BCUT2D eigenvalue weighted by Gasteiger charge is 2.48. The standard InChI is InChI=1S/C27H48O6S/c1-13-14-18-20(28)21(32-11)19(22(33-12)23(18)34(29,30)31)24(26(7,8)15-17(2)3)27(9,10)16-25(4,5)6/h17,24,28H,13-16H2,1-12H3,(H,29,30,31). The van der Waals surface area contributed by atoms with Gasteiger partial charge < -0.3 is 14.6 Å². The summed E-state index contributed by atoms with van der Waals surface area (Å²) in [5, 5.41) is 11.3. The van der Waals surface area contributed by atoms with Gasteiger partial charge in [-0.05, 0) is 41.4 Å². The predicted octanol–water partition coefficient (Wildman–Crippen LogP) is 7.23. The zero-order valence-electron chi connectivity index (χ0n) is 23.4. The lowest BCUT2D eigenvalue weighted by molar-refractivity contribution is 0.0748. The van der Waals surface area contributed by atoms with E-state index >= 15 is 0 Å². The maximum Gasteiger partial charge on any atom is 0.298 e. The number of hydrogen-bond donors (Lipinski definition) is 2. The van der Waals surface area contributed by atoms with Gasteiger partial charge in [0.15, 0.2) is 11.5 Å². The summed E-state index contributed by atoms with van der Waals surface area (Å²) in [7, 11) is -1.81. The third-order valence-electron chi connectivity index (χ3n) is 6.41. The fourth-order valence-electron chi connectivity index (χ4n) is 6.64. The molecule has 0 aliphatic rings. The zero-order valence-corrected chi connectivity index (χ0v) is 24.2. The molecule has 6 nitrogen and oxygen atoms in total. The number of aromatic hydroxyl groups is 1. The van der Waals surface area contributed by atoms with Crippen molar-refractivity contribution >= 4 is 10.1 Å². The molecule has 1 unspecified atom stereocenters. The van der Waals surface area contributed by atoms with Crippen LogP contribution in [0.15, 0.2) is 4.90 Å². The lowest BCUT2D eigenvalue weighted by Crippen LogP contribution is -2.38. The summed E-state index contributed by atoms with van der Waals surface area (Å²) < 4.78 is 47.1. The number of methoxy groups -OCH3 is 2. The van der Waals surface area contributed by atoms with E-state index < -0.39 is 10.1 Å². The van der Waals surface area contributed by atoms with Crippen LogP contribution in [0, 0.1) is 22.2 Å². The highest BCUT2D eigenvalue weighted by molar-refractivity contribution is 7.86. The van der Waals surface area contributed by atoms with Gasteiger partial charge in [-0.1, -0.05) is 75.7 Å². The van der Waals surface area contributed by atoms with Gasteiger partial charge in [0.2, 0.25) is 0 Å². The Kier molecular flexibility index (Phi) is 9.57. The number of benzene rings is 1. The maximum atomic E-state index is 12.7. The van der Waals surface area contributed by atoms with Crippen LogP contribution in [0.2, 0.25) is 0 Å². The Morgan fingerprint density at radius 1 is 0.912 bits per heavy atom. The Morgan fingerprint density at radius 2 is 1.41 bits per heavy atom. The molecule has 7 heteroatoms. The van der Waals surface area contributed by atoms with E-state index in [1.54, 1.807) is 0 Å². The molecule has 0 aliphatic carbocycles. The molecule has 0 saturated carbocycles. The summed E-state index contributed by atoms with van der Waals surface area (Å²) >= 11 is 0. The first-order valence-electron chi connectivity index (χ1n) is 12.2. The number of ether oxygens (including phenoxy) is 2. The Labute approximate surface area is 208 Å². The number of phenols is 1. The van der Waals surface area contributed by atoms with Crippen LogP contribution in [-0.4, -0.2) is 32.3 Å². The molecule has 0 radical (unpaired) electrons. The molecule has 0 spiro atoms. The Hall–Kier alpha value is -1.47. The minimum atomic E-state index is -4.69. The van der Waals surface area contributed by atoms with Crippen LogP contribution in [0.4, 0.5) is 0 Å². The van der Waals surface area contributed by atoms with Crippen molar-refractivity contribution in [2.24, 2.45) is 22.2 Å². The molecular formula is C27H48O6S. The molecule has 1 atom stereocenters. The number of rotatable bonds is 11. The quantitative estimate of drug-likeness (QED) is 0.311. The van der Waals surface area contributed by atoms with Gasteiger partial charge in [-0.15, -0.1) is 0 Å². The monoisotopic (exact) mass is 500 g/mol. The minimum Gasteiger partial charge on any atom is -0.504 e. The molecule has 1 rings (SSSR count). The lowest BCUT2D eigenvalue weighted by atomic mass is 9.56. The van der Waals surface area contributed by atoms with Crippen molar-refractivity contribution in [2.45, 2.75) is 106 Å². The summed E-state index contributed by atoms with van der Waals surface area (Å²) in [5.41, 5.74) is -0.0523. The summed E-state index contributed by atoms with van der Waals surface area (Å²) in [6.45, 7) is 21.4. The molecule has 198 valence electrons. The fraction of sp³-hybridized carbons (Fsp3) is 0.778. The van der Waals surface area contributed by atoms with Gasteiger partial charge >= 0.3 is 0 Å². The van der Waals surface area contributed by atoms with Crippen LogP contribution >= 0.6 is 0 Å². The Balaban J connectivity index is 4.33. The van der Waals surface area contributed by atoms with Crippen molar-refractivity contribution in [3.05, 3.63) is 11.1 Å². The third kappa shape index (κ3) is 6.81. The van der Waals surface area contributed by atoms with Gasteiger partial charge in [0.05, 0.1) is 14.2 Å². The Morgan fingerprint density at radius 3 is 1.76 bits per heavy atom. The maximum absolute atomic E-state index is 12.7. The molecule has 1 aromatic carbocycles. The molecule has 0 amide bonds. The Bertz CT molecular complexity index is 953. The highest BCUT2D eigenvalue weighted by atomic mass is 32.2. The van der Waals surface area contributed by atoms with Crippen molar-refractivity contribution in [3.8, 4) is 17.2 Å². The molecule has 0 aromatic heterocycles. The van der Waals surface area contributed by atoms with Crippen LogP contribution in [0.3, 0.4) is 0 Å². The topological polar surface area (TPSA) is 93.1 Å².